The second-order valence-electron chi connectivity index (χ2n) is 6.49. The Hall–Kier alpha value is -2.52. The van der Waals surface area contributed by atoms with Crippen LogP contribution in [0.5, 0.6) is 0 Å². The van der Waals surface area contributed by atoms with E-state index in [0.717, 1.165) is 10.2 Å². The summed E-state index contributed by atoms with van der Waals surface area (Å²) in [6, 6.07) is 12.2. The van der Waals surface area contributed by atoms with Crippen molar-refractivity contribution >= 4 is 63.8 Å². The summed E-state index contributed by atoms with van der Waals surface area (Å²) >= 11 is 19.3. The molecule has 4 rings (SSSR count). The number of amides is 1. The molecule has 1 N–H and O–H groups in total. The Bertz CT molecular complexity index is 1300. The van der Waals surface area contributed by atoms with Crippen LogP contribution in [-0.4, -0.2) is 25.1 Å². The standard InChI is InChI=1S/C20H14Cl3N5O2S/c21-13-3-1-12(2-4-13)11-31-19-18-26-28(20(30)27(18)6-5-24-19)10-17(29)25-16-8-14(22)7-15(23)9-16/h1-9H,10-11H2,(H,25,29). The number of carbonyl (C=O) groups excluding carboxylic acids is 1. The van der Waals surface area contributed by atoms with Gasteiger partial charge in [0.05, 0.1) is 0 Å². The lowest BCUT2D eigenvalue weighted by Gasteiger charge is -2.05. The van der Waals surface area contributed by atoms with Crippen LogP contribution in [0.4, 0.5) is 5.69 Å². The van der Waals surface area contributed by atoms with Gasteiger partial charge in [-0.2, -0.15) is 0 Å². The smallest absolute Gasteiger partial charge is 0.324 e. The van der Waals surface area contributed by atoms with Gasteiger partial charge in [0.1, 0.15) is 11.6 Å². The molecule has 7 nitrogen and oxygen atoms in total. The number of aromatic nitrogens is 4. The zero-order valence-electron chi connectivity index (χ0n) is 15.8. The highest BCUT2D eigenvalue weighted by molar-refractivity contribution is 7.98. The first-order valence-corrected chi connectivity index (χ1v) is 11.1. The van der Waals surface area contributed by atoms with Crippen LogP contribution in [0.15, 0.2) is 64.7 Å². The van der Waals surface area contributed by atoms with E-state index < -0.39 is 11.6 Å². The molecular weight excluding hydrogens is 481 g/mol. The zero-order chi connectivity index (χ0) is 22.0. The third-order valence-corrected chi connectivity index (χ3v) is 5.93. The summed E-state index contributed by atoms with van der Waals surface area (Å²) in [7, 11) is 0. The van der Waals surface area contributed by atoms with Gasteiger partial charge in [-0.3, -0.25) is 4.79 Å². The summed E-state index contributed by atoms with van der Waals surface area (Å²) in [6.07, 6.45) is 3.04. The molecular formula is C20H14Cl3N5O2S. The minimum Gasteiger partial charge on any atom is -0.324 e. The van der Waals surface area contributed by atoms with Gasteiger partial charge in [0.15, 0.2) is 5.65 Å². The topological polar surface area (TPSA) is 81.3 Å². The summed E-state index contributed by atoms with van der Waals surface area (Å²) in [5.74, 6) is 0.188. The van der Waals surface area contributed by atoms with E-state index in [1.807, 2.05) is 24.3 Å². The van der Waals surface area contributed by atoms with E-state index >= 15 is 0 Å². The second kappa shape index (κ2) is 9.32. The normalized spacial score (nSPS) is 11.1. The molecule has 31 heavy (non-hydrogen) atoms. The molecule has 0 aliphatic carbocycles. The van der Waals surface area contributed by atoms with Gasteiger partial charge in [0, 0.05) is 38.9 Å². The lowest BCUT2D eigenvalue weighted by molar-refractivity contribution is -0.117. The maximum absolute atomic E-state index is 12.7. The van der Waals surface area contributed by atoms with E-state index in [0.29, 0.717) is 37.2 Å². The zero-order valence-corrected chi connectivity index (χ0v) is 18.8. The predicted molar refractivity (Wildman–Crippen MR) is 123 cm³/mol. The van der Waals surface area contributed by atoms with E-state index in [1.165, 1.54) is 28.6 Å². The average molecular weight is 495 g/mol. The Labute approximate surface area is 196 Å². The van der Waals surface area contributed by atoms with E-state index in [4.69, 9.17) is 34.8 Å². The Balaban J connectivity index is 1.53. The third-order valence-electron chi connectivity index (χ3n) is 4.20. The molecule has 0 aliphatic heterocycles. The Kier molecular flexibility index (Phi) is 6.52. The van der Waals surface area contributed by atoms with Gasteiger partial charge in [0.25, 0.3) is 0 Å². The quantitative estimate of drug-likeness (QED) is 0.390. The molecule has 0 aliphatic rings. The van der Waals surface area contributed by atoms with Crippen molar-refractivity contribution in [3.8, 4) is 0 Å². The Morgan fingerprint density at radius 3 is 2.45 bits per heavy atom. The number of thioether (sulfide) groups is 1. The molecule has 2 aromatic heterocycles. The summed E-state index contributed by atoms with van der Waals surface area (Å²) in [5.41, 5.74) is 1.43. The number of halogens is 3. The number of nitrogens with one attached hydrogen (secondary N) is 1. The summed E-state index contributed by atoms with van der Waals surface area (Å²) in [6.45, 7) is -0.272. The van der Waals surface area contributed by atoms with E-state index in [-0.39, 0.29) is 6.54 Å². The first-order valence-electron chi connectivity index (χ1n) is 8.96. The Morgan fingerprint density at radius 1 is 1.03 bits per heavy atom. The van der Waals surface area contributed by atoms with Crippen LogP contribution in [0, 0.1) is 0 Å². The van der Waals surface area contributed by atoms with Crippen molar-refractivity contribution in [1.82, 2.24) is 19.2 Å². The van der Waals surface area contributed by atoms with Crippen LogP contribution in [0.25, 0.3) is 5.65 Å². The molecule has 11 heteroatoms. The van der Waals surface area contributed by atoms with Gasteiger partial charge in [-0.25, -0.2) is 18.9 Å². The van der Waals surface area contributed by atoms with Crippen LogP contribution in [0.3, 0.4) is 0 Å². The predicted octanol–water partition coefficient (Wildman–Crippen LogP) is 4.78. The molecule has 4 aromatic rings. The van der Waals surface area contributed by atoms with Crippen LogP contribution in [0.1, 0.15) is 5.56 Å². The average Bonchev–Trinajstić information content (AvgIpc) is 3.03. The maximum atomic E-state index is 12.7. The highest BCUT2D eigenvalue weighted by atomic mass is 35.5. The van der Waals surface area contributed by atoms with Gasteiger partial charge in [-0.1, -0.05) is 58.7 Å². The third kappa shape index (κ3) is 5.22. The molecule has 0 atom stereocenters. The van der Waals surface area contributed by atoms with Gasteiger partial charge >= 0.3 is 5.69 Å². The molecule has 158 valence electrons. The summed E-state index contributed by atoms with van der Waals surface area (Å²) < 4.78 is 2.45. The second-order valence-corrected chi connectivity index (χ2v) is 8.76. The number of nitrogens with zero attached hydrogens (tertiary/aromatic N) is 4. The highest BCUT2D eigenvalue weighted by Gasteiger charge is 2.15. The van der Waals surface area contributed by atoms with Crippen molar-refractivity contribution in [2.45, 2.75) is 17.3 Å². The summed E-state index contributed by atoms with van der Waals surface area (Å²) in [5, 5.41) is 8.99. The van der Waals surface area contributed by atoms with E-state index in [9.17, 15) is 9.59 Å². The van der Waals surface area contributed by atoms with Crippen molar-refractivity contribution in [1.29, 1.82) is 0 Å². The number of hydrogen-bond acceptors (Lipinski definition) is 5. The maximum Gasteiger partial charge on any atom is 0.350 e. The lowest BCUT2D eigenvalue weighted by atomic mass is 10.2. The fourth-order valence-corrected chi connectivity index (χ4v) is 4.38. The van der Waals surface area contributed by atoms with Crippen molar-refractivity contribution in [2.75, 3.05) is 5.32 Å². The van der Waals surface area contributed by atoms with Gasteiger partial charge in [-0.15, -0.1) is 5.10 Å². The largest absolute Gasteiger partial charge is 0.350 e. The highest BCUT2D eigenvalue weighted by Crippen LogP contribution is 2.24. The number of hydrogen-bond donors (Lipinski definition) is 1. The molecule has 0 bridgehead atoms. The number of benzene rings is 2. The monoisotopic (exact) mass is 493 g/mol. The van der Waals surface area contributed by atoms with Crippen LogP contribution >= 0.6 is 46.6 Å². The van der Waals surface area contributed by atoms with Crippen LogP contribution in [0.2, 0.25) is 15.1 Å². The fraction of sp³-hybridized carbons (Fsp3) is 0.100. The molecule has 0 unspecified atom stereocenters. The van der Waals surface area contributed by atoms with Gasteiger partial charge < -0.3 is 5.32 Å². The van der Waals surface area contributed by atoms with Gasteiger partial charge in [-0.05, 0) is 35.9 Å². The summed E-state index contributed by atoms with van der Waals surface area (Å²) in [4.78, 5) is 29.4. The SMILES string of the molecule is O=C(Cn1nc2c(SCc3ccc(Cl)cc3)nccn2c1=O)Nc1cc(Cl)cc(Cl)c1. The molecule has 2 aromatic carbocycles. The number of anilines is 1. The molecule has 2 heterocycles. The lowest BCUT2D eigenvalue weighted by Crippen LogP contribution is -2.28. The van der Waals surface area contributed by atoms with Crippen LogP contribution in [-0.2, 0) is 17.1 Å². The van der Waals surface area contributed by atoms with Crippen LogP contribution < -0.4 is 11.0 Å². The van der Waals surface area contributed by atoms with E-state index in [2.05, 4.69) is 15.4 Å². The van der Waals surface area contributed by atoms with Crippen molar-refractivity contribution < 1.29 is 4.79 Å². The molecule has 1 amide bonds. The van der Waals surface area contributed by atoms with Crippen molar-refractivity contribution in [3.05, 3.63) is 86.0 Å². The first-order chi connectivity index (χ1) is 14.9. The number of carbonyl (C=O) groups is 1. The molecule has 0 saturated carbocycles. The molecule has 0 radical (unpaired) electrons. The van der Waals surface area contributed by atoms with Gasteiger partial charge in [0.2, 0.25) is 5.91 Å². The molecule has 0 saturated heterocycles. The Morgan fingerprint density at radius 2 is 1.74 bits per heavy atom. The van der Waals surface area contributed by atoms with Crippen molar-refractivity contribution in [2.24, 2.45) is 0 Å². The first kappa shape index (κ1) is 21.7. The van der Waals surface area contributed by atoms with Crippen molar-refractivity contribution in [3.63, 3.8) is 0 Å². The molecule has 0 spiro atoms. The number of fused-ring (bicyclic) bond motifs is 1. The fourth-order valence-electron chi connectivity index (χ4n) is 2.83. The molecule has 0 fully saturated rings. The minimum absolute atomic E-state index is 0.272. The minimum atomic E-state index is -0.440. The number of rotatable bonds is 6. The van der Waals surface area contributed by atoms with E-state index in [1.54, 1.807) is 18.2 Å².